The molecule has 0 spiro atoms. The molecule has 0 unspecified atom stereocenters. The van der Waals surface area contributed by atoms with Gasteiger partial charge < -0.3 is 14.5 Å². The van der Waals surface area contributed by atoms with Gasteiger partial charge in [-0.05, 0) is 18.6 Å². The highest BCUT2D eigenvalue weighted by Gasteiger charge is 2.15. The van der Waals surface area contributed by atoms with Gasteiger partial charge in [-0.2, -0.15) is 0 Å². The van der Waals surface area contributed by atoms with Gasteiger partial charge in [-0.25, -0.2) is 13.8 Å². The van der Waals surface area contributed by atoms with E-state index in [1.807, 2.05) is 6.07 Å². The molecule has 0 aliphatic heterocycles. The second kappa shape index (κ2) is 6.70. The van der Waals surface area contributed by atoms with Crippen LogP contribution in [0.1, 0.15) is 18.2 Å². The summed E-state index contributed by atoms with van der Waals surface area (Å²) in [4.78, 5) is 8.38. The highest BCUT2D eigenvalue weighted by molar-refractivity contribution is 5.75. The molecule has 0 radical (unpaired) electrons. The number of ether oxygens (including phenoxy) is 1. The zero-order valence-corrected chi connectivity index (χ0v) is 12.4. The molecule has 3 rings (SSSR count). The van der Waals surface area contributed by atoms with Crippen molar-refractivity contribution in [3.8, 4) is 0 Å². The Hall–Kier alpha value is -2.54. The molecule has 0 fully saturated rings. The van der Waals surface area contributed by atoms with Crippen LogP contribution in [0.15, 0.2) is 41.1 Å². The first-order valence-corrected chi connectivity index (χ1v) is 7.08. The van der Waals surface area contributed by atoms with Gasteiger partial charge in [0.15, 0.2) is 11.6 Å². The molecule has 120 valence electrons. The molecule has 0 saturated carbocycles. The van der Waals surface area contributed by atoms with Crippen LogP contribution in [0.5, 0.6) is 0 Å². The second-order valence-corrected chi connectivity index (χ2v) is 5.00. The summed E-state index contributed by atoms with van der Waals surface area (Å²) in [5.41, 5.74) is 0.569. The van der Waals surface area contributed by atoms with Crippen molar-refractivity contribution in [2.24, 2.45) is 0 Å². The summed E-state index contributed by atoms with van der Waals surface area (Å²) in [6, 6.07) is 5.52. The van der Waals surface area contributed by atoms with Crippen LogP contribution in [0.3, 0.4) is 0 Å². The molecule has 0 aliphatic carbocycles. The number of hydrogen-bond donors (Lipinski definition) is 1. The number of hydrogen-bond acceptors (Lipinski definition) is 5. The fourth-order valence-electron chi connectivity index (χ4n) is 2.27. The SMILES string of the molecule is COCC[C@H](Nc1cnc2cc(F)c(F)cc2n1)c1ccco1. The molecule has 23 heavy (non-hydrogen) atoms. The van der Waals surface area contributed by atoms with Crippen LogP contribution in [0.4, 0.5) is 14.6 Å². The largest absolute Gasteiger partial charge is 0.467 e. The topological polar surface area (TPSA) is 60.2 Å². The molecule has 0 amide bonds. The maximum atomic E-state index is 13.3. The van der Waals surface area contributed by atoms with Crippen molar-refractivity contribution in [1.29, 1.82) is 0 Å². The zero-order valence-electron chi connectivity index (χ0n) is 12.4. The maximum Gasteiger partial charge on any atom is 0.161 e. The van der Waals surface area contributed by atoms with Crippen LogP contribution in [-0.4, -0.2) is 23.7 Å². The van der Waals surface area contributed by atoms with E-state index in [4.69, 9.17) is 9.15 Å². The predicted molar refractivity (Wildman–Crippen MR) is 81.0 cm³/mol. The number of rotatable bonds is 6. The molecule has 2 heterocycles. The van der Waals surface area contributed by atoms with E-state index in [-0.39, 0.29) is 11.6 Å². The molecule has 0 aliphatic rings. The minimum atomic E-state index is -0.953. The van der Waals surface area contributed by atoms with Gasteiger partial charge in [-0.1, -0.05) is 0 Å². The lowest BCUT2D eigenvalue weighted by atomic mass is 10.1. The number of benzene rings is 1. The minimum Gasteiger partial charge on any atom is -0.467 e. The van der Waals surface area contributed by atoms with Crippen molar-refractivity contribution in [3.05, 3.63) is 54.1 Å². The summed E-state index contributed by atoms with van der Waals surface area (Å²) in [6.45, 7) is 0.527. The first kappa shape index (κ1) is 15.4. The average Bonchev–Trinajstić information content (AvgIpc) is 3.07. The van der Waals surface area contributed by atoms with E-state index in [9.17, 15) is 8.78 Å². The Morgan fingerprint density at radius 1 is 1.26 bits per heavy atom. The van der Waals surface area contributed by atoms with Crippen LogP contribution < -0.4 is 5.32 Å². The lowest BCUT2D eigenvalue weighted by Gasteiger charge is -2.17. The molecule has 1 N–H and O–H groups in total. The predicted octanol–water partition coefficient (Wildman–Crippen LogP) is 3.69. The highest BCUT2D eigenvalue weighted by atomic mass is 19.2. The molecule has 2 aromatic heterocycles. The molecule has 7 heteroatoms. The van der Waals surface area contributed by atoms with Gasteiger partial charge in [0.1, 0.15) is 11.6 Å². The van der Waals surface area contributed by atoms with E-state index in [0.717, 1.165) is 17.9 Å². The van der Waals surface area contributed by atoms with Crippen molar-refractivity contribution in [2.75, 3.05) is 19.0 Å². The summed E-state index contributed by atoms with van der Waals surface area (Å²) < 4.78 is 37.0. The Kier molecular flexibility index (Phi) is 4.47. The van der Waals surface area contributed by atoms with Crippen LogP contribution in [0.2, 0.25) is 0 Å². The quantitative estimate of drug-likeness (QED) is 0.751. The number of methoxy groups -OCH3 is 1. The number of furan rings is 1. The monoisotopic (exact) mass is 319 g/mol. The number of aromatic nitrogens is 2. The Morgan fingerprint density at radius 2 is 2.04 bits per heavy atom. The summed E-state index contributed by atoms with van der Waals surface area (Å²) in [7, 11) is 1.62. The smallest absolute Gasteiger partial charge is 0.161 e. The Balaban J connectivity index is 1.87. The molecule has 1 aromatic carbocycles. The van der Waals surface area contributed by atoms with E-state index in [1.54, 1.807) is 19.4 Å². The van der Waals surface area contributed by atoms with Gasteiger partial charge in [-0.3, -0.25) is 4.98 Å². The van der Waals surface area contributed by atoms with E-state index in [0.29, 0.717) is 24.4 Å². The third-order valence-corrected chi connectivity index (χ3v) is 3.40. The number of fused-ring (bicyclic) bond motifs is 1. The van der Waals surface area contributed by atoms with Crippen LogP contribution in [-0.2, 0) is 4.74 Å². The van der Waals surface area contributed by atoms with E-state index in [2.05, 4.69) is 15.3 Å². The Labute approximate surface area is 131 Å². The van der Waals surface area contributed by atoms with E-state index in [1.165, 1.54) is 6.20 Å². The zero-order chi connectivity index (χ0) is 16.2. The minimum absolute atomic E-state index is 0.165. The number of anilines is 1. The Morgan fingerprint density at radius 3 is 2.74 bits per heavy atom. The van der Waals surface area contributed by atoms with E-state index < -0.39 is 11.6 Å². The van der Waals surface area contributed by atoms with Crippen molar-refractivity contribution in [2.45, 2.75) is 12.5 Å². The first-order chi connectivity index (χ1) is 11.2. The highest BCUT2D eigenvalue weighted by Crippen LogP contribution is 2.23. The fraction of sp³-hybridized carbons (Fsp3) is 0.250. The molecule has 3 aromatic rings. The summed E-state index contributed by atoms with van der Waals surface area (Å²) >= 11 is 0. The van der Waals surface area contributed by atoms with Gasteiger partial charge in [0.05, 0.1) is 29.5 Å². The van der Waals surface area contributed by atoms with Gasteiger partial charge in [0.25, 0.3) is 0 Å². The van der Waals surface area contributed by atoms with Gasteiger partial charge >= 0.3 is 0 Å². The molecule has 0 bridgehead atoms. The number of nitrogens with one attached hydrogen (secondary N) is 1. The van der Waals surface area contributed by atoms with Gasteiger partial charge in [-0.15, -0.1) is 0 Å². The first-order valence-electron chi connectivity index (χ1n) is 7.08. The van der Waals surface area contributed by atoms with Crippen molar-refractivity contribution in [3.63, 3.8) is 0 Å². The fourth-order valence-corrected chi connectivity index (χ4v) is 2.27. The molecule has 5 nitrogen and oxygen atoms in total. The average molecular weight is 319 g/mol. The standard InChI is InChI=1S/C16H15F2N3O2/c1-22-6-4-12(15-3-2-5-23-15)20-16-9-19-13-7-10(17)11(18)8-14(13)21-16/h2-3,5,7-9,12H,4,6H2,1H3,(H,20,21)/t12-/m0/s1. The molecule has 1 atom stereocenters. The van der Waals surface area contributed by atoms with Crippen molar-refractivity contribution in [1.82, 2.24) is 9.97 Å². The van der Waals surface area contributed by atoms with Gasteiger partial charge in [0, 0.05) is 25.8 Å². The van der Waals surface area contributed by atoms with Crippen molar-refractivity contribution >= 4 is 16.9 Å². The molecular formula is C16H15F2N3O2. The van der Waals surface area contributed by atoms with Crippen LogP contribution >= 0.6 is 0 Å². The second-order valence-electron chi connectivity index (χ2n) is 5.00. The number of nitrogens with zero attached hydrogens (tertiary/aromatic N) is 2. The number of halogens is 2. The lowest BCUT2D eigenvalue weighted by molar-refractivity contribution is 0.187. The Bertz CT molecular complexity index is 793. The summed E-state index contributed by atoms with van der Waals surface area (Å²) in [6.07, 6.45) is 3.71. The van der Waals surface area contributed by atoms with Crippen LogP contribution in [0.25, 0.3) is 11.0 Å². The third-order valence-electron chi connectivity index (χ3n) is 3.40. The molecule has 0 saturated heterocycles. The van der Waals surface area contributed by atoms with Gasteiger partial charge in [0.2, 0.25) is 0 Å². The van der Waals surface area contributed by atoms with E-state index >= 15 is 0 Å². The normalized spacial score (nSPS) is 12.5. The lowest BCUT2D eigenvalue weighted by Crippen LogP contribution is -2.13. The van der Waals surface area contributed by atoms with Crippen LogP contribution in [0, 0.1) is 11.6 Å². The summed E-state index contributed by atoms with van der Waals surface area (Å²) in [5.74, 6) is -0.720. The van der Waals surface area contributed by atoms with Crippen molar-refractivity contribution < 1.29 is 17.9 Å². The summed E-state index contributed by atoms with van der Waals surface area (Å²) in [5, 5.41) is 3.18. The molecular weight excluding hydrogens is 304 g/mol. The maximum absolute atomic E-state index is 13.3. The third kappa shape index (κ3) is 3.45.